The average Bonchev–Trinajstić information content (AvgIpc) is 3.27. The van der Waals surface area contributed by atoms with E-state index in [1.807, 2.05) is 60.8 Å². The van der Waals surface area contributed by atoms with Crippen LogP contribution < -0.4 is 15.4 Å². The molecular weight excluding hydrogens is 414 g/mol. The Morgan fingerprint density at radius 1 is 0.939 bits per heavy atom. The van der Waals surface area contributed by atoms with Crippen molar-refractivity contribution in [3.05, 3.63) is 107 Å². The Bertz CT molecular complexity index is 1290. The molecule has 6 nitrogen and oxygen atoms in total. The van der Waals surface area contributed by atoms with Gasteiger partial charge in [0, 0.05) is 34.8 Å². The van der Waals surface area contributed by atoms with Gasteiger partial charge in [-0.05, 0) is 42.3 Å². The molecule has 0 unspecified atom stereocenters. The number of hydrogen-bond acceptors (Lipinski definition) is 3. The molecular formula is C27H25N3O3. The van der Waals surface area contributed by atoms with Crippen molar-refractivity contribution in [1.82, 2.24) is 15.6 Å². The Hall–Kier alpha value is -4.32. The monoisotopic (exact) mass is 439 g/mol. The molecule has 33 heavy (non-hydrogen) atoms. The Morgan fingerprint density at radius 2 is 1.67 bits per heavy atom. The molecule has 0 aliphatic heterocycles. The second kappa shape index (κ2) is 10.3. The molecule has 0 fully saturated rings. The number of nitrogens with one attached hydrogen (secondary N) is 3. The quantitative estimate of drug-likeness (QED) is 0.358. The van der Waals surface area contributed by atoms with Gasteiger partial charge in [0.25, 0.3) is 11.8 Å². The molecule has 0 atom stereocenters. The zero-order valence-electron chi connectivity index (χ0n) is 18.3. The van der Waals surface area contributed by atoms with Gasteiger partial charge in [-0.15, -0.1) is 0 Å². The zero-order valence-corrected chi connectivity index (χ0v) is 18.3. The highest BCUT2D eigenvalue weighted by Crippen LogP contribution is 2.20. The van der Waals surface area contributed by atoms with E-state index >= 15 is 0 Å². The predicted molar refractivity (Wildman–Crippen MR) is 130 cm³/mol. The van der Waals surface area contributed by atoms with Crippen LogP contribution in [-0.4, -0.2) is 30.5 Å². The first-order chi connectivity index (χ1) is 16.2. The Morgan fingerprint density at radius 3 is 2.48 bits per heavy atom. The fourth-order valence-electron chi connectivity index (χ4n) is 3.63. The molecule has 0 spiro atoms. The van der Waals surface area contributed by atoms with E-state index in [2.05, 4.69) is 15.6 Å². The van der Waals surface area contributed by atoms with E-state index in [4.69, 9.17) is 4.74 Å². The smallest absolute Gasteiger partial charge is 0.267 e. The molecule has 3 aromatic carbocycles. The van der Waals surface area contributed by atoms with Crippen molar-refractivity contribution >= 4 is 28.8 Å². The van der Waals surface area contributed by atoms with Crippen molar-refractivity contribution in [2.24, 2.45) is 0 Å². The van der Waals surface area contributed by atoms with Gasteiger partial charge in [0.05, 0.1) is 7.11 Å². The van der Waals surface area contributed by atoms with Gasteiger partial charge in [-0.3, -0.25) is 9.59 Å². The highest BCUT2D eigenvalue weighted by atomic mass is 16.5. The van der Waals surface area contributed by atoms with Crippen LogP contribution in [0.1, 0.15) is 21.5 Å². The van der Waals surface area contributed by atoms with E-state index in [1.165, 1.54) is 0 Å². The molecule has 4 aromatic rings. The van der Waals surface area contributed by atoms with Crippen molar-refractivity contribution in [1.29, 1.82) is 0 Å². The van der Waals surface area contributed by atoms with E-state index in [-0.39, 0.29) is 17.5 Å². The molecule has 0 saturated carbocycles. The lowest BCUT2D eigenvalue weighted by Crippen LogP contribution is -2.35. The van der Waals surface area contributed by atoms with E-state index in [0.717, 1.165) is 27.8 Å². The van der Waals surface area contributed by atoms with E-state index in [9.17, 15) is 9.59 Å². The first-order valence-electron chi connectivity index (χ1n) is 10.7. The summed E-state index contributed by atoms with van der Waals surface area (Å²) in [5.74, 6) is 0.0692. The predicted octanol–water partition coefficient (Wildman–Crippen LogP) is 4.31. The molecule has 0 radical (unpaired) electrons. The number of rotatable bonds is 8. The number of aromatic amines is 1. The number of carbonyl (C=O) groups is 2. The first kappa shape index (κ1) is 21.9. The van der Waals surface area contributed by atoms with Gasteiger partial charge in [-0.2, -0.15) is 0 Å². The Kier molecular flexibility index (Phi) is 6.85. The van der Waals surface area contributed by atoms with Crippen LogP contribution in [0.4, 0.5) is 0 Å². The normalized spacial score (nSPS) is 11.2. The molecule has 0 bridgehead atoms. The maximum Gasteiger partial charge on any atom is 0.267 e. The largest absolute Gasteiger partial charge is 0.496 e. The number of benzene rings is 3. The Labute approximate surface area is 192 Å². The minimum absolute atomic E-state index is 0.175. The molecule has 0 aliphatic rings. The minimum Gasteiger partial charge on any atom is -0.496 e. The molecule has 3 N–H and O–H groups in total. The molecule has 166 valence electrons. The Balaban J connectivity index is 1.55. The topological polar surface area (TPSA) is 83.2 Å². The lowest BCUT2D eigenvalue weighted by atomic mass is 10.1. The van der Waals surface area contributed by atoms with Crippen LogP contribution in [0.25, 0.3) is 17.0 Å². The molecule has 6 heteroatoms. The third-order valence-corrected chi connectivity index (χ3v) is 5.32. The van der Waals surface area contributed by atoms with Gasteiger partial charge in [0.15, 0.2) is 0 Å². The summed E-state index contributed by atoms with van der Waals surface area (Å²) >= 11 is 0. The van der Waals surface area contributed by atoms with E-state index < -0.39 is 0 Å². The lowest BCUT2D eigenvalue weighted by molar-refractivity contribution is -0.117. The van der Waals surface area contributed by atoms with Crippen LogP contribution in [0.2, 0.25) is 0 Å². The standard InChI is InChI=1S/C27H25N3O3/c1-33-25-14-8-5-9-19(25)15-16-28-27(32)24(30-26(31)20-10-3-2-4-11-20)17-21-18-29-23-13-7-6-12-22(21)23/h2-14,17-18,29H,15-16H2,1H3,(H,28,32)(H,30,31). The molecule has 1 aromatic heterocycles. The number of para-hydroxylation sites is 2. The van der Waals surface area contributed by atoms with E-state index in [0.29, 0.717) is 18.5 Å². The highest BCUT2D eigenvalue weighted by Gasteiger charge is 2.15. The second-order valence-electron chi connectivity index (χ2n) is 7.49. The summed E-state index contributed by atoms with van der Waals surface area (Å²) in [6.07, 6.45) is 4.11. The number of fused-ring (bicyclic) bond motifs is 1. The van der Waals surface area contributed by atoms with Gasteiger partial charge < -0.3 is 20.4 Å². The molecule has 1 heterocycles. The van der Waals surface area contributed by atoms with Crippen LogP contribution >= 0.6 is 0 Å². The van der Waals surface area contributed by atoms with Gasteiger partial charge in [-0.1, -0.05) is 54.6 Å². The summed E-state index contributed by atoms with van der Waals surface area (Å²) in [6, 6.07) is 24.3. The second-order valence-corrected chi connectivity index (χ2v) is 7.49. The number of hydrogen-bond donors (Lipinski definition) is 3. The van der Waals surface area contributed by atoms with Crippen molar-refractivity contribution in [2.45, 2.75) is 6.42 Å². The van der Waals surface area contributed by atoms with Crippen LogP contribution in [0, 0.1) is 0 Å². The van der Waals surface area contributed by atoms with Crippen molar-refractivity contribution in [2.75, 3.05) is 13.7 Å². The SMILES string of the molecule is COc1ccccc1CCNC(=O)C(=Cc1c[nH]c2ccccc12)NC(=O)c1ccccc1. The number of amides is 2. The third kappa shape index (κ3) is 5.30. The lowest BCUT2D eigenvalue weighted by Gasteiger charge is -2.12. The first-order valence-corrected chi connectivity index (χ1v) is 10.7. The summed E-state index contributed by atoms with van der Waals surface area (Å²) in [7, 11) is 1.62. The van der Waals surface area contributed by atoms with Crippen molar-refractivity contribution < 1.29 is 14.3 Å². The minimum atomic E-state index is -0.362. The summed E-state index contributed by atoms with van der Waals surface area (Å²) in [4.78, 5) is 29.0. The number of H-pyrrole nitrogens is 1. The number of methoxy groups -OCH3 is 1. The van der Waals surface area contributed by atoms with Crippen LogP contribution in [0.3, 0.4) is 0 Å². The molecule has 0 saturated heterocycles. The number of ether oxygens (including phenoxy) is 1. The molecule has 4 rings (SSSR count). The fourth-order valence-corrected chi connectivity index (χ4v) is 3.63. The summed E-state index contributed by atoms with van der Waals surface area (Å²) in [5.41, 5.74) is 3.41. The van der Waals surface area contributed by atoms with Gasteiger partial charge >= 0.3 is 0 Å². The zero-order chi connectivity index (χ0) is 23.0. The third-order valence-electron chi connectivity index (χ3n) is 5.32. The van der Waals surface area contributed by atoms with Gasteiger partial charge in [0.1, 0.15) is 11.4 Å². The summed E-state index contributed by atoms with van der Waals surface area (Å²) < 4.78 is 5.38. The summed E-state index contributed by atoms with van der Waals surface area (Å²) in [5, 5.41) is 6.65. The fraction of sp³-hybridized carbons (Fsp3) is 0.111. The van der Waals surface area contributed by atoms with Crippen LogP contribution in [0.15, 0.2) is 90.8 Å². The summed E-state index contributed by atoms with van der Waals surface area (Å²) in [6.45, 7) is 0.394. The van der Waals surface area contributed by atoms with Crippen LogP contribution in [0.5, 0.6) is 5.75 Å². The number of aromatic nitrogens is 1. The average molecular weight is 440 g/mol. The maximum atomic E-state index is 13.1. The van der Waals surface area contributed by atoms with Crippen molar-refractivity contribution in [3.8, 4) is 5.75 Å². The van der Waals surface area contributed by atoms with Gasteiger partial charge in [0.2, 0.25) is 0 Å². The van der Waals surface area contributed by atoms with Crippen molar-refractivity contribution in [3.63, 3.8) is 0 Å². The van der Waals surface area contributed by atoms with Gasteiger partial charge in [-0.25, -0.2) is 0 Å². The van der Waals surface area contributed by atoms with E-state index in [1.54, 1.807) is 37.5 Å². The highest BCUT2D eigenvalue weighted by molar-refractivity contribution is 6.06. The van der Waals surface area contributed by atoms with Crippen LogP contribution in [-0.2, 0) is 11.2 Å². The molecule has 0 aliphatic carbocycles. The molecule has 2 amide bonds. The maximum absolute atomic E-state index is 13.1. The number of carbonyl (C=O) groups excluding carboxylic acids is 2.